The van der Waals surface area contributed by atoms with E-state index in [0.717, 1.165) is 18.8 Å². The number of hydrogen-bond donors (Lipinski definition) is 1. The Hall–Kier alpha value is -1.59. The largest absolute Gasteiger partial charge is 0.378 e. The van der Waals surface area contributed by atoms with E-state index in [0.29, 0.717) is 23.6 Å². The number of nitro groups is 1. The van der Waals surface area contributed by atoms with Crippen molar-refractivity contribution in [1.29, 1.82) is 0 Å². The van der Waals surface area contributed by atoms with Crippen molar-refractivity contribution in [2.75, 3.05) is 5.73 Å². The first-order valence-electron chi connectivity index (χ1n) is 7.67. The van der Waals surface area contributed by atoms with Crippen LogP contribution < -0.4 is 5.73 Å². The van der Waals surface area contributed by atoms with Crippen LogP contribution >= 0.6 is 0 Å². The summed E-state index contributed by atoms with van der Waals surface area (Å²) in [6.07, 6.45) is 4.73. The molecule has 1 aromatic heterocycles. The second-order valence-electron chi connectivity index (χ2n) is 7.34. The molecule has 0 amide bonds. The van der Waals surface area contributed by atoms with Crippen molar-refractivity contribution in [3.05, 3.63) is 15.8 Å². The first-order valence-corrected chi connectivity index (χ1v) is 7.67. The van der Waals surface area contributed by atoms with Crippen molar-refractivity contribution in [3.63, 3.8) is 0 Å². The molecule has 0 saturated heterocycles. The van der Waals surface area contributed by atoms with Crippen molar-refractivity contribution in [3.8, 4) is 0 Å². The Balaban J connectivity index is 2.02. The van der Waals surface area contributed by atoms with E-state index in [2.05, 4.69) is 25.9 Å². The van der Waals surface area contributed by atoms with Crippen LogP contribution in [0.5, 0.6) is 0 Å². The quantitative estimate of drug-likeness (QED) is 0.682. The number of aromatic nitrogens is 2. The molecule has 2 rings (SSSR count). The van der Waals surface area contributed by atoms with Crippen molar-refractivity contribution in [1.82, 2.24) is 9.78 Å². The fraction of sp³-hybridized carbons (Fsp3) is 0.800. The van der Waals surface area contributed by atoms with Gasteiger partial charge >= 0.3 is 5.69 Å². The van der Waals surface area contributed by atoms with Gasteiger partial charge in [-0.05, 0) is 49.9 Å². The van der Waals surface area contributed by atoms with Crippen molar-refractivity contribution in [2.45, 2.75) is 59.9 Å². The Morgan fingerprint density at radius 1 is 1.33 bits per heavy atom. The summed E-state index contributed by atoms with van der Waals surface area (Å²) >= 11 is 0. The van der Waals surface area contributed by atoms with Gasteiger partial charge in [0, 0.05) is 6.54 Å². The zero-order chi connectivity index (χ0) is 15.8. The molecule has 2 N–H and O–H groups in total. The molecule has 0 spiro atoms. The zero-order valence-corrected chi connectivity index (χ0v) is 13.4. The second-order valence-corrected chi connectivity index (χ2v) is 7.34. The van der Waals surface area contributed by atoms with Crippen LogP contribution in [0, 0.1) is 34.3 Å². The minimum atomic E-state index is -0.440. The molecule has 1 fully saturated rings. The van der Waals surface area contributed by atoms with Gasteiger partial charge in [0.1, 0.15) is 5.69 Å². The highest BCUT2D eigenvalue weighted by molar-refractivity contribution is 5.55. The van der Waals surface area contributed by atoms with Crippen molar-refractivity contribution < 1.29 is 4.92 Å². The molecule has 0 bridgehead atoms. The molecule has 1 aliphatic carbocycles. The topological polar surface area (TPSA) is 87.0 Å². The highest BCUT2D eigenvalue weighted by Crippen LogP contribution is 2.40. The maximum atomic E-state index is 11.0. The van der Waals surface area contributed by atoms with Crippen LogP contribution in [0.15, 0.2) is 0 Å². The third kappa shape index (κ3) is 3.36. The predicted octanol–water partition coefficient (Wildman–Crippen LogP) is 3.53. The van der Waals surface area contributed by atoms with Crippen LogP contribution in [-0.4, -0.2) is 14.7 Å². The molecule has 0 aliphatic heterocycles. The van der Waals surface area contributed by atoms with Crippen LogP contribution in [0.3, 0.4) is 0 Å². The lowest BCUT2D eigenvalue weighted by atomic mass is 9.70. The molecule has 1 heterocycles. The molecule has 6 nitrogen and oxygen atoms in total. The minimum Gasteiger partial charge on any atom is -0.378 e. The molecular formula is C15H26N4O2. The Bertz CT molecular complexity index is 523. The Morgan fingerprint density at radius 3 is 2.33 bits per heavy atom. The van der Waals surface area contributed by atoms with Crippen LogP contribution in [0.4, 0.5) is 11.5 Å². The highest BCUT2D eigenvalue weighted by atomic mass is 16.6. The number of aryl methyl sites for hydroxylation is 1. The summed E-state index contributed by atoms with van der Waals surface area (Å²) in [5.74, 6) is 1.47. The lowest BCUT2D eigenvalue weighted by molar-refractivity contribution is -0.384. The van der Waals surface area contributed by atoms with Gasteiger partial charge in [-0.3, -0.25) is 10.1 Å². The number of nitrogens with zero attached hydrogens (tertiary/aromatic N) is 3. The molecule has 118 valence electrons. The maximum Gasteiger partial charge on any atom is 0.333 e. The van der Waals surface area contributed by atoms with E-state index in [9.17, 15) is 10.1 Å². The summed E-state index contributed by atoms with van der Waals surface area (Å²) in [5, 5.41) is 15.2. The van der Waals surface area contributed by atoms with Gasteiger partial charge in [-0.1, -0.05) is 20.8 Å². The van der Waals surface area contributed by atoms with Gasteiger partial charge in [0.25, 0.3) is 0 Å². The monoisotopic (exact) mass is 294 g/mol. The summed E-state index contributed by atoms with van der Waals surface area (Å²) in [7, 11) is 0. The third-order valence-corrected chi connectivity index (χ3v) is 4.82. The molecule has 0 unspecified atom stereocenters. The van der Waals surface area contributed by atoms with E-state index < -0.39 is 4.92 Å². The van der Waals surface area contributed by atoms with Gasteiger partial charge in [-0.25, -0.2) is 4.68 Å². The zero-order valence-electron chi connectivity index (χ0n) is 13.4. The first-order chi connectivity index (χ1) is 9.70. The van der Waals surface area contributed by atoms with E-state index in [1.807, 2.05) is 0 Å². The smallest absolute Gasteiger partial charge is 0.333 e. The highest BCUT2D eigenvalue weighted by Gasteiger charge is 2.31. The maximum absolute atomic E-state index is 11.0. The molecule has 1 aliphatic rings. The lowest BCUT2D eigenvalue weighted by Crippen LogP contribution is -2.27. The van der Waals surface area contributed by atoms with E-state index in [-0.39, 0.29) is 11.5 Å². The summed E-state index contributed by atoms with van der Waals surface area (Å²) in [6.45, 7) is 9.24. The van der Waals surface area contributed by atoms with Crippen molar-refractivity contribution >= 4 is 11.5 Å². The van der Waals surface area contributed by atoms with Crippen LogP contribution in [0.1, 0.15) is 52.1 Å². The van der Waals surface area contributed by atoms with E-state index in [1.165, 1.54) is 12.8 Å². The third-order valence-electron chi connectivity index (χ3n) is 4.82. The fourth-order valence-electron chi connectivity index (χ4n) is 3.41. The lowest BCUT2D eigenvalue weighted by Gasteiger charge is -2.37. The Labute approximate surface area is 125 Å². The molecule has 0 aromatic carbocycles. The van der Waals surface area contributed by atoms with Gasteiger partial charge in [-0.15, -0.1) is 0 Å². The number of nitrogens with two attached hydrogens (primary N) is 1. The average molecular weight is 294 g/mol. The molecule has 0 radical (unpaired) electrons. The van der Waals surface area contributed by atoms with Crippen LogP contribution in [-0.2, 0) is 6.54 Å². The van der Waals surface area contributed by atoms with Crippen molar-refractivity contribution in [2.24, 2.45) is 17.3 Å². The SMILES string of the molecule is Cc1nn(CC2CCC(C(C)(C)C)CC2)c(N)c1[N+](=O)[O-]. The summed E-state index contributed by atoms with van der Waals surface area (Å²) in [4.78, 5) is 10.5. The molecule has 1 saturated carbocycles. The number of anilines is 1. The Morgan fingerprint density at radius 2 is 1.90 bits per heavy atom. The molecule has 1 aromatic rings. The average Bonchev–Trinajstić information content (AvgIpc) is 2.64. The fourth-order valence-corrected chi connectivity index (χ4v) is 3.41. The van der Waals surface area contributed by atoms with Gasteiger partial charge in [0.2, 0.25) is 5.82 Å². The molecule has 6 heteroatoms. The number of rotatable bonds is 3. The normalized spacial score (nSPS) is 23.2. The number of hydrogen-bond acceptors (Lipinski definition) is 4. The number of nitrogen functional groups attached to an aromatic ring is 1. The van der Waals surface area contributed by atoms with E-state index in [4.69, 9.17) is 5.73 Å². The van der Waals surface area contributed by atoms with Gasteiger partial charge < -0.3 is 5.73 Å². The molecular weight excluding hydrogens is 268 g/mol. The second kappa shape index (κ2) is 5.66. The molecule has 21 heavy (non-hydrogen) atoms. The van der Waals surface area contributed by atoms with Gasteiger partial charge in [0.15, 0.2) is 0 Å². The van der Waals surface area contributed by atoms with Crippen LogP contribution in [0.25, 0.3) is 0 Å². The Kier molecular flexibility index (Phi) is 4.25. The standard InChI is InChI=1S/C15H26N4O2/c1-10-13(19(20)21)14(16)18(17-10)9-11-5-7-12(8-6-11)15(2,3)4/h11-12H,5-9,16H2,1-4H3. The van der Waals surface area contributed by atoms with E-state index >= 15 is 0 Å². The van der Waals surface area contributed by atoms with Crippen LogP contribution in [0.2, 0.25) is 0 Å². The summed E-state index contributed by atoms with van der Waals surface area (Å²) in [6, 6.07) is 0. The first kappa shape index (κ1) is 15.8. The summed E-state index contributed by atoms with van der Waals surface area (Å²) < 4.78 is 1.62. The molecule has 0 atom stereocenters. The van der Waals surface area contributed by atoms with Gasteiger partial charge in [-0.2, -0.15) is 5.10 Å². The van der Waals surface area contributed by atoms with E-state index in [1.54, 1.807) is 11.6 Å². The predicted molar refractivity (Wildman–Crippen MR) is 82.9 cm³/mol. The minimum absolute atomic E-state index is 0.0432. The summed E-state index contributed by atoms with van der Waals surface area (Å²) in [5.41, 5.74) is 6.60. The van der Waals surface area contributed by atoms with Gasteiger partial charge in [0.05, 0.1) is 4.92 Å².